The number of morpholine rings is 1. The van der Waals surface area contributed by atoms with E-state index in [1.54, 1.807) is 43.8 Å². The molecular formula is C26H29N3O4S2. The summed E-state index contributed by atoms with van der Waals surface area (Å²) in [5, 5.41) is 3.47. The molecule has 2 aliphatic heterocycles. The first-order valence-electron chi connectivity index (χ1n) is 11.6. The minimum Gasteiger partial charge on any atom is -0.378 e. The molecule has 0 radical (unpaired) electrons. The van der Waals surface area contributed by atoms with Crippen molar-refractivity contribution in [1.29, 1.82) is 0 Å². The zero-order valence-electron chi connectivity index (χ0n) is 20.0. The molecule has 3 heterocycles. The molecule has 0 amide bonds. The van der Waals surface area contributed by atoms with Gasteiger partial charge in [0, 0.05) is 69.9 Å². The van der Waals surface area contributed by atoms with Gasteiger partial charge in [0.25, 0.3) is 0 Å². The molecule has 0 aliphatic carbocycles. The lowest BCUT2D eigenvalue weighted by Crippen LogP contribution is -2.36. The van der Waals surface area contributed by atoms with Crippen LogP contribution in [0.5, 0.6) is 0 Å². The van der Waals surface area contributed by atoms with Gasteiger partial charge in [-0.15, -0.1) is 0 Å². The second kappa shape index (κ2) is 10.7. The van der Waals surface area contributed by atoms with E-state index in [4.69, 9.17) is 14.2 Å². The Bertz CT molecular complexity index is 1260. The Morgan fingerprint density at radius 1 is 1.00 bits per heavy atom. The second-order valence-electron chi connectivity index (χ2n) is 8.49. The summed E-state index contributed by atoms with van der Waals surface area (Å²) in [6.45, 7) is 4.97. The summed E-state index contributed by atoms with van der Waals surface area (Å²) in [7, 11) is 3.29. The van der Waals surface area contributed by atoms with Gasteiger partial charge in [-0.1, -0.05) is 35.7 Å². The number of rotatable bonds is 7. The number of nitrogens with zero attached hydrogens (tertiary/aromatic N) is 1. The molecule has 1 atom stereocenters. The fourth-order valence-electron chi connectivity index (χ4n) is 4.42. The van der Waals surface area contributed by atoms with Gasteiger partial charge < -0.3 is 29.4 Å². The van der Waals surface area contributed by atoms with Gasteiger partial charge in [0.2, 0.25) is 5.56 Å². The maximum Gasteiger partial charge on any atom is 0.250 e. The topological polar surface area (TPSA) is 75.8 Å². The molecule has 0 saturated carbocycles. The predicted molar refractivity (Wildman–Crippen MR) is 141 cm³/mol. The number of hydrogen-bond acceptors (Lipinski definition) is 8. The van der Waals surface area contributed by atoms with E-state index in [0.29, 0.717) is 13.2 Å². The van der Waals surface area contributed by atoms with Crippen LogP contribution in [0.25, 0.3) is 11.3 Å². The lowest BCUT2D eigenvalue weighted by atomic mass is 10.1. The molecule has 0 spiro atoms. The van der Waals surface area contributed by atoms with E-state index in [-0.39, 0.29) is 17.9 Å². The molecular weight excluding hydrogens is 482 g/mol. The van der Waals surface area contributed by atoms with Gasteiger partial charge in [0.05, 0.1) is 24.9 Å². The largest absolute Gasteiger partial charge is 0.378 e. The zero-order valence-corrected chi connectivity index (χ0v) is 21.6. The van der Waals surface area contributed by atoms with Crippen LogP contribution in [0.4, 0.5) is 11.4 Å². The van der Waals surface area contributed by atoms with Crippen molar-refractivity contribution in [2.45, 2.75) is 38.8 Å². The van der Waals surface area contributed by atoms with Crippen LogP contribution >= 0.6 is 23.5 Å². The number of H-pyrrole nitrogens is 1. The molecule has 184 valence electrons. The summed E-state index contributed by atoms with van der Waals surface area (Å²) < 4.78 is 16.2. The van der Waals surface area contributed by atoms with Crippen molar-refractivity contribution in [3.8, 4) is 11.3 Å². The third-order valence-electron chi connectivity index (χ3n) is 6.12. The van der Waals surface area contributed by atoms with E-state index in [1.807, 2.05) is 6.92 Å². The molecule has 2 N–H and O–H groups in total. The number of ether oxygens (including phenoxy) is 3. The van der Waals surface area contributed by atoms with E-state index in [9.17, 15) is 4.79 Å². The normalized spacial score (nSPS) is 16.1. The van der Waals surface area contributed by atoms with E-state index < -0.39 is 0 Å². The summed E-state index contributed by atoms with van der Waals surface area (Å²) in [6.07, 6.45) is -0.327. The van der Waals surface area contributed by atoms with Crippen LogP contribution in [0.2, 0.25) is 0 Å². The molecule has 3 aromatic rings. The molecule has 35 heavy (non-hydrogen) atoms. The Morgan fingerprint density at radius 2 is 1.80 bits per heavy atom. The standard InChI is InChI=1S/C26H29N3O4S2/c1-16(26(31-2)32-3)27-17-7-8-21-23(13-17)34-22-6-4-5-19(25(22)35-21)20-14-18(15-24(30)28-20)29-9-11-33-12-10-29/h4-8,13-16,26-27H,9-12H2,1-3H3,(H,28,30). The molecule has 2 aromatic carbocycles. The van der Waals surface area contributed by atoms with E-state index in [2.05, 4.69) is 57.7 Å². The fourth-order valence-corrected chi connectivity index (χ4v) is 6.83. The Morgan fingerprint density at radius 3 is 2.57 bits per heavy atom. The first kappa shape index (κ1) is 24.3. The second-order valence-corrected chi connectivity index (χ2v) is 10.6. The highest BCUT2D eigenvalue weighted by Crippen LogP contribution is 2.52. The SMILES string of the molecule is COC(OC)C(C)Nc1ccc2c(c1)Sc1cccc(-c3cc(N4CCOCC4)cc(=O)[nH]3)c1S2. The molecule has 2 aliphatic rings. The quantitative estimate of drug-likeness (QED) is 0.339. The van der Waals surface area contributed by atoms with Gasteiger partial charge >= 0.3 is 0 Å². The molecule has 7 nitrogen and oxygen atoms in total. The number of pyridine rings is 1. The summed E-state index contributed by atoms with van der Waals surface area (Å²) in [5.74, 6) is 0. The van der Waals surface area contributed by atoms with Crippen LogP contribution in [-0.2, 0) is 14.2 Å². The van der Waals surface area contributed by atoms with Gasteiger partial charge in [-0.2, -0.15) is 0 Å². The molecule has 1 aromatic heterocycles. The number of aromatic nitrogens is 1. The monoisotopic (exact) mass is 511 g/mol. The molecule has 0 bridgehead atoms. The minimum absolute atomic E-state index is 0.00116. The van der Waals surface area contributed by atoms with Crippen molar-refractivity contribution in [2.24, 2.45) is 0 Å². The minimum atomic E-state index is -0.327. The number of benzene rings is 2. The van der Waals surface area contributed by atoms with Gasteiger partial charge in [0.15, 0.2) is 6.29 Å². The highest BCUT2D eigenvalue weighted by molar-refractivity contribution is 8.05. The van der Waals surface area contributed by atoms with Crippen molar-refractivity contribution in [3.05, 3.63) is 58.9 Å². The van der Waals surface area contributed by atoms with Crippen LogP contribution in [0.3, 0.4) is 0 Å². The van der Waals surface area contributed by atoms with Gasteiger partial charge in [-0.05, 0) is 37.3 Å². The smallest absolute Gasteiger partial charge is 0.250 e. The van der Waals surface area contributed by atoms with E-state index in [1.165, 1.54) is 14.7 Å². The Labute approximate surface area is 213 Å². The summed E-state index contributed by atoms with van der Waals surface area (Å²) in [5.41, 5.74) is 3.74. The summed E-state index contributed by atoms with van der Waals surface area (Å²) in [4.78, 5) is 22.5. The van der Waals surface area contributed by atoms with E-state index >= 15 is 0 Å². The Hall–Kier alpha value is -2.43. The van der Waals surface area contributed by atoms with Crippen LogP contribution in [0.15, 0.2) is 72.9 Å². The van der Waals surface area contributed by atoms with E-state index in [0.717, 1.165) is 40.6 Å². The van der Waals surface area contributed by atoms with Crippen LogP contribution in [0, 0.1) is 0 Å². The highest BCUT2D eigenvalue weighted by atomic mass is 32.2. The van der Waals surface area contributed by atoms with Crippen molar-refractivity contribution in [3.63, 3.8) is 0 Å². The lowest BCUT2D eigenvalue weighted by Gasteiger charge is -2.29. The maximum atomic E-state index is 12.6. The third kappa shape index (κ3) is 5.24. The zero-order chi connectivity index (χ0) is 24.4. The predicted octanol–water partition coefficient (Wildman–Crippen LogP) is 4.91. The van der Waals surface area contributed by atoms with Gasteiger partial charge in [-0.25, -0.2) is 0 Å². The average molecular weight is 512 g/mol. The number of anilines is 2. The molecule has 1 saturated heterocycles. The number of methoxy groups -OCH3 is 2. The molecule has 5 rings (SSSR count). The van der Waals surface area contributed by atoms with Crippen LogP contribution in [0.1, 0.15) is 6.92 Å². The average Bonchev–Trinajstić information content (AvgIpc) is 2.88. The Kier molecular flexibility index (Phi) is 7.40. The van der Waals surface area contributed by atoms with Crippen molar-refractivity contribution < 1.29 is 14.2 Å². The lowest BCUT2D eigenvalue weighted by molar-refractivity contribution is -0.109. The van der Waals surface area contributed by atoms with Crippen molar-refractivity contribution in [1.82, 2.24) is 4.98 Å². The fraction of sp³-hybridized carbons (Fsp3) is 0.346. The molecule has 1 fully saturated rings. The summed E-state index contributed by atoms with van der Waals surface area (Å²) >= 11 is 3.49. The van der Waals surface area contributed by atoms with Gasteiger partial charge in [0.1, 0.15) is 0 Å². The number of aromatic amines is 1. The van der Waals surface area contributed by atoms with Crippen LogP contribution in [-0.4, -0.2) is 57.8 Å². The summed E-state index contributed by atoms with van der Waals surface area (Å²) in [6, 6.07) is 16.4. The number of hydrogen-bond donors (Lipinski definition) is 2. The van der Waals surface area contributed by atoms with Gasteiger partial charge in [-0.3, -0.25) is 4.79 Å². The first-order chi connectivity index (χ1) is 17.1. The van der Waals surface area contributed by atoms with Crippen molar-refractivity contribution >= 4 is 34.9 Å². The Balaban J connectivity index is 1.43. The maximum absolute atomic E-state index is 12.6. The third-order valence-corrected chi connectivity index (χ3v) is 8.71. The molecule has 1 unspecified atom stereocenters. The van der Waals surface area contributed by atoms with Crippen LogP contribution < -0.4 is 15.8 Å². The number of nitrogens with one attached hydrogen (secondary N) is 2. The first-order valence-corrected chi connectivity index (χ1v) is 13.2. The highest BCUT2D eigenvalue weighted by Gasteiger charge is 2.23. The number of fused-ring (bicyclic) bond motifs is 2. The van der Waals surface area contributed by atoms with Crippen molar-refractivity contribution in [2.75, 3.05) is 50.7 Å². The molecule has 9 heteroatoms.